The first-order valence-corrected chi connectivity index (χ1v) is 4.99. The molecule has 0 radical (unpaired) electrons. The van der Waals surface area contributed by atoms with E-state index in [4.69, 9.17) is 0 Å². The molecular formula is C12H14N4O. The Kier molecular flexibility index (Phi) is 2.74. The summed E-state index contributed by atoms with van der Waals surface area (Å²) in [6.07, 6.45) is 1.53. The average molecular weight is 230 g/mol. The van der Waals surface area contributed by atoms with Crippen LogP contribution in [0.1, 0.15) is 6.99 Å². The Labute approximate surface area is 99.3 Å². The second-order valence-corrected chi connectivity index (χ2v) is 3.58. The van der Waals surface area contributed by atoms with Gasteiger partial charge < -0.3 is 4.98 Å². The van der Waals surface area contributed by atoms with E-state index >= 15 is 0 Å². The van der Waals surface area contributed by atoms with E-state index in [1.807, 2.05) is 18.2 Å². The van der Waals surface area contributed by atoms with Crippen LogP contribution in [0.5, 0.6) is 0 Å². The molecule has 0 atom stereocenters. The standard InChI is InChI=1S/C12H12N4O.H2/c1-13-7-10(14-2)8-4-5-9-11(6-8)16(3)12(17)15-9;/h4-7H,1-2H2,3H3,(H,15,17);1H/b10-7-;. The van der Waals surface area contributed by atoms with Crippen molar-refractivity contribution in [3.8, 4) is 0 Å². The number of rotatable bonds is 3. The fourth-order valence-corrected chi connectivity index (χ4v) is 1.68. The van der Waals surface area contributed by atoms with Gasteiger partial charge in [-0.2, -0.15) is 0 Å². The minimum absolute atomic E-state index is 0. The van der Waals surface area contributed by atoms with Gasteiger partial charge in [-0.25, -0.2) is 4.79 Å². The molecule has 0 bridgehead atoms. The van der Waals surface area contributed by atoms with E-state index in [-0.39, 0.29) is 7.12 Å². The highest BCUT2D eigenvalue weighted by atomic mass is 16.1. The van der Waals surface area contributed by atoms with Crippen molar-refractivity contribution in [2.24, 2.45) is 17.0 Å². The zero-order chi connectivity index (χ0) is 12.4. The Hall–Kier alpha value is -2.43. The number of H-pyrrole nitrogens is 1. The molecule has 0 aliphatic carbocycles. The van der Waals surface area contributed by atoms with Crippen LogP contribution < -0.4 is 5.69 Å². The third-order valence-electron chi connectivity index (χ3n) is 2.59. The number of nitrogens with one attached hydrogen (secondary N) is 1. The number of aliphatic imine (C=N–C) groups is 2. The summed E-state index contributed by atoms with van der Waals surface area (Å²) in [6.45, 7) is 6.86. The predicted molar refractivity (Wildman–Crippen MR) is 72.7 cm³/mol. The van der Waals surface area contributed by atoms with Gasteiger partial charge in [0.1, 0.15) is 0 Å². The summed E-state index contributed by atoms with van der Waals surface area (Å²) >= 11 is 0. The van der Waals surface area contributed by atoms with Crippen LogP contribution >= 0.6 is 0 Å². The van der Waals surface area contributed by atoms with Crippen molar-refractivity contribution in [3.05, 3.63) is 40.4 Å². The Morgan fingerprint density at radius 2 is 2.29 bits per heavy atom. The average Bonchev–Trinajstić information content (AvgIpc) is 2.62. The van der Waals surface area contributed by atoms with Gasteiger partial charge in [0, 0.05) is 14.0 Å². The van der Waals surface area contributed by atoms with Crippen molar-refractivity contribution in [2.75, 3.05) is 0 Å². The highest BCUT2D eigenvalue weighted by molar-refractivity contribution is 5.81. The number of aryl methyl sites for hydroxylation is 1. The summed E-state index contributed by atoms with van der Waals surface area (Å²) in [5.41, 5.74) is 2.92. The Morgan fingerprint density at radius 3 is 2.94 bits per heavy atom. The smallest absolute Gasteiger partial charge is 0.306 e. The largest absolute Gasteiger partial charge is 0.326 e. The lowest BCUT2D eigenvalue weighted by Crippen LogP contribution is -2.11. The predicted octanol–water partition coefficient (Wildman–Crippen LogP) is 1.81. The second-order valence-electron chi connectivity index (χ2n) is 3.58. The number of fused-ring (bicyclic) bond motifs is 1. The van der Waals surface area contributed by atoms with E-state index in [1.165, 1.54) is 6.20 Å². The number of aromatic amines is 1. The molecule has 0 aliphatic rings. The maximum atomic E-state index is 11.4. The van der Waals surface area contributed by atoms with Crippen LogP contribution in [0.2, 0.25) is 0 Å². The topological polar surface area (TPSA) is 62.5 Å². The van der Waals surface area contributed by atoms with E-state index < -0.39 is 0 Å². The first kappa shape index (κ1) is 11.1. The monoisotopic (exact) mass is 230 g/mol. The zero-order valence-electron chi connectivity index (χ0n) is 9.47. The first-order valence-electron chi connectivity index (χ1n) is 4.99. The van der Waals surface area contributed by atoms with Crippen LogP contribution in [-0.4, -0.2) is 23.0 Å². The van der Waals surface area contributed by atoms with E-state index in [1.54, 1.807) is 11.6 Å². The lowest BCUT2D eigenvalue weighted by molar-refractivity contribution is 0.891. The molecule has 0 saturated heterocycles. The van der Waals surface area contributed by atoms with Crippen LogP contribution in [-0.2, 0) is 7.05 Å². The van der Waals surface area contributed by atoms with Crippen molar-refractivity contribution >= 4 is 30.2 Å². The van der Waals surface area contributed by atoms with Gasteiger partial charge in [0.15, 0.2) is 0 Å². The van der Waals surface area contributed by atoms with Crippen molar-refractivity contribution in [1.82, 2.24) is 9.55 Å². The molecule has 2 rings (SSSR count). The summed E-state index contributed by atoms with van der Waals surface area (Å²) in [6, 6.07) is 5.54. The van der Waals surface area contributed by atoms with Gasteiger partial charge >= 0.3 is 5.69 Å². The third-order valence-corrected chi connectivity index (χ3v) is 2.59. The quantitative estimate of drug-likeness (QED) is 0.803. The molecular weight excluding hydrogens is 216 g/mol. The molecule has 1 heterocycles. The SMILES string of the molecule is C=N/C=C(\N=C)c1ccc2[nH]c(=O)n(C)c2c1.[HH]. The molecule has 1 aromatic heterocycles. The minimum atomic E-state index is -0.143. The normalized spacial score (nSPS) is 11.7. The molecule has 0 saturated carbocycles. The Balaban J connectivity index is 0.00000162. The van der Waals surface area contributed by atoms with Gasteiger partial charge in [0.25, 0.3) is 0 Å². The van der Waals surface area contributed by atoms with Crippen molar-refractivity contribution in [1.29, 1.82) is 0 Å². The fraction of sp³-hybridized carbons (Fsp3) is 0.0833. The van der Waals surface area contributed by atoms with E-state index in [2.05, 4.69) is 28.4 Å². The maximum Gasteiger partial charge on any atom is 0.326 e. The molecule has 0 unspecified atom stereocenters. The highest BCUT2D eigenvalue weighted by Gasteiger charge is 2.05. The summed E-state index contributed by atoms with van der Waals surface area (Å²) in [4.78, 5) is 21.7. The van der Waals surface area contributed by atoms with Gasteiger partial charge in [0.05, 0.1) is 22.9 Å². The summed E-state index contributed by atoms with van der Waals surface area (Å²) < 4.78 is 1.54. The molecule has 5 nitrogen and oxygen atoms in total. The maximum absolute atomic E-state index is 11.4. The second kappa shape index (κ2) is 4.21. The van der Waals surface area contributed by atoms with Crippen molar-refractivity contribution < 1.29 is 1.43 Å². The highest BCUT2D eigenvalue weighted by Crippen LogP contribution is 2.19. The number of nitrogens with zero attached hydrogens (tertiary/aromatic N) is 3. The van der Waals surface area contributed by atoms with Gasteiger partial charge in [-0.15, -0.1) is 0 Å². The van der Waals surface area contributed by atoms with Crippen LogP contribution in [0.15, 0.2) is 39.2 Å². The van der Waals surface area contributed by atoms with Crippen LogP contribution in [0.3, 0.4) is 0 Å². The molecule has 1 N–H and O–H groups in total. The molecule has 1 aromatic carbocycles. The first-order chi connectivity index (χ1) is 8.17. The van der Waals surface area contributed by atoms with Crippen LogP contribution in [0.25, 0.3) is 16.7 Å². The molecule has 0 amide bonds. The summed E-state index contributed by atoms with van der Waals surface area (Å²) in [5.74, 6) is 0. The number of hydrogen-bond acceptors (Lipinski definition) is 3. The van der Waals surface area contributed by atoms with Gasteiger partial charge in [0.2, 0.25) is 0 Å². The fourth-order valence-electron chi connectivity index (χ4n) is 1.68. The third kappa shape index (κ3) is 1.82. The number of benzene rings is 1. The molecule has 0 aliphatic heterocycles. The molecule has 88 valence electrons. The van der Waals surface area contributed by atoms with Gasteiger partial charge in [-0.1, -0.05) is 6.07 Å². The minimum Gasteiger partial charge on any atom is -0.306 e. The number of hydrogen-bond donors (Lipinski definition) is 1. The lowest BCUT2D eigenvalue weighted by Gasteiger charge is -2.01. The van der Waals surface area contributed by atoms with Gasteiger partial charge in [-0.3, -0.25) is 14.6 Å². The molecule has 5 heteroatoms. The number of imidazole rings is 1. The van der Waals surface area contributed by atoms with Crippen molar-refractivity contribution in [3.63, 3.8) is 0 Å². The van der Waals surface area contributed by atoms with E-state index in [0.29, 0.717) is 5.70 Å². The Morgan fingerprint density at radius 1 is 1.53 bits per heavy atom. The molecule has 0 spiro atoms. The molecule has 17 heavy (non-hydrogen) atoms. The molecule has 2 aromatic rings. The van der Waals surface area contributed by atoms with Crippen molar-refractivity contribution in [2.45, 2.75) is 0 Å². The Bertz CT molecular complexity index is 681. The zero-order valence-corrected chi connectivity index (χ0v) is 9.47. The molecule has 0 fully saturated rings. The van der Waals surface area contributed by atoms with Crippen LogP contribution in [0.4, 0.5) is 0 Å². The van der Waals surface area contributed by atoms with E-state index in [0.717, 1.165) is 16.6 Å². The summed E-state index contributed by atoms with van der Waals surface area (Å²) in [5, 5.41) is 0. The lowest BCUT2D eigenvalue weighted by atomic mass is 10.1. The van der Waals surface area contributed by atoms with Crippen LogP contribution in [0, 0.1) is 0 Å². The van der Waals surface area contributed by atoms with E-state index in [9.17, 15) is 4.79 Å². The summed E-state index contributed by atoms with van der Waals surface area (Å²) in [7, 11) is 1.71. The number of aromatic nitrogens is 2. The van der Waals surface area contributed by atoms with Gasteiger partial charge in [-0.05, 0) is 25.6 Å².